The predicted molar refractivity (Wildman–Crippen MR) is 132 cm³/mol. The van der Waals surface area contributed by atoms with Crippen LogP contribution in [0.25, 0.3) is 0 Å². The molecular weight excluding hydrogens is 442 g/mol. The first-order valence-electron chi connectivity index (χ1n) is 10.7. The topological polar surface area (TPSA) is 77.6 Å². The molecule has 168 valence electrons. The number of piperazine rings is 1. The maximum absolute atomic E-state index is 12.7. The molecule has 1 fully saturated rings. The van der Waals surface area contributed by atoms with Gasteiger partial charge in [0.1, 0.15) is 0 Å². The highest BCUT2D eigenvalue weighted by molar-refractivity contribution is 7.14. The lowest BCUT2D eigenvalue weighted by Gasteiger charge is -2.36. The molecule has 2 N–H and O–H groups in total. The first kappa shape index (κ1) is 22.4. The van der Waals surface area contributed by atoms with Crippen LogP contribution in [0.1, 0.15) is 17.5 Å². The zero-order valence-corrected chi connectivity index (χ0v) is 19.7. The van der Waals surface area contributed by atoms with Crippen molar-refractivity contribution in [2.75, 3.05) is 48.3 Å². The van der Waals surface area contributed by atoms with Gasteiger partial charge in [-0.3, -0.25) is 9.59 Å². The first-order chi connectivity index (χ1) is 15.6. The number of thiazole rings is 1. The van der Waals surface area contributed by atoms with Crippen molar-refractivity contribution in [2.24, 2.45) is 0 Å². The minimum absolute atomic E-state index is 0.102. The molecule has 1 aliphatic heterocycles. The van der Waals surface area contributed by atoms with E-state index in [1.165, 1.54) is 11.3 Å². The Morgan fingerprint density at radius 1 is 0.969 bits per heavy atom. The molecule has 0 bridgehead atoms. The van der Waals surface area contributed by atoms with Crippen LogP contribution in [-0.4, -0.2) is 54.4 Å². The van der Waals surface area contributed by atoms with E-state index >= 15 is 0 Å². The average molecular weight is 470 g/mol. The quantitative estimate of drug-likeness (QED) is 0.526. The van der Waals surface area contributed by atoms with Crippen LogP contribution in [0.5, 0.6) is 0 Å². The van der Waals surface area contributed by atoms with Crippen LogP contribution in [-0.2, 0) is 22.4 Å². The largest absolute Gasteiger partial charge is 0.367 e. The number of carbonyl (C=O) groups is 2. The van der Waals surface area contributed by atoms with E-state index in [4.69, 9.17) is 0 Å². The Kier molecular flexibility index (Phi) is 7.51. The molecule has 3 heterocycles. The summed E-state index contributed by atoms with van der Waals surface area (Å²) in [6.07, 6.45) is 0.492. The molecule has 1 aliphatic rings. The van der Waals surface area contributed by atoms with E-state index in [2.05, 4.69) is 38.4 Å². The molecule has 2 amide bonds. The van der Waals surface area contributed by atoms with Gasteiger partial charge in [0.05, 0.1) is 29.9 Å². The highest BCUT2D eigenvalue weighted by Crippen LogP contribution is 2.27. The highest BCUT2D eigenvalue weighted by Gasteiger charge is 2.19. The molecule has 0 spiro atoms. The predicted octanol–water partition coefficient (Wildman–Crippen LogP) is 3.71. The third-order valence-corrected chi connectivity index (χ3v) is 7.08. The summed E-state index contributed by atoms with van der Waals surface area (Å²) in [6, 6.07) is 11.8. The Morgan fingerprint density at radius 2 is 1.75 bits per heavy atom. The molecule has 32 heavy (non-hydrogen) atoms. The van der Waals surface area contributed by atoms with Crippen molar-refractivity contribution < 1.29 is 9.59 Å². The molecule has 0 saturated carbocycles. The molecule has 0 aliphatic carbocycles. The van der Waals surface area contributed by atoms with E-state index in [1.807, 2.05) is 41.1 Å². The fourth-order valence-electron chi connectivity index (χ4n) is 3.70. The fraction of sp³-hybridized carbons (Fsp3) is 0.348. The van der Waals surface area contributed by atoms with Crippen molar-refractivity contribution in [3.8, 4) is 0 Å². The summed E-state index contributed by atoms with van der Waals surface area (Å²) in [5, 5.41) is 10.1. The Morgan fingerprint density at radius 3 is 2.50 bits per heavy atom. The average Bonchev–Trinajstić information content (AvgIpc) is 3.46. The van der Waals surface area contributed by atoms with Gasteiger partial charge in [-0.15, -0.1) is 22.7 Å². The number of carbonyl (C=O) groups excluding carboxylic acids is 2. The van der Waals surface area contributed by atoms with Crippen molar-refractivity contribution >= 4 is 51.0 Å². The Balaban J connectivity index is 1.32. The second kappa shape index (κ2) is 10.7. The number of likely N-dealkylation sites (N-methyl/N-ethyl adjacent to an activating group) is 1. The number of anilines is 3. The summed E-state index contributed by atoms with van der Waals surface area (Å²) in [7, 11) is 0. The van der Waals surface area contributed by atoms with Crippen LogP contribution in [0.3, 0.4) is 0 Å². The van der Waals surface area contributed by atoms with Crippen molar-refractivity contribution in [3.05, 3.63) is 57.7 Å². The molecule has 7 nitrogen and oxygen atoms in total. The summed E-state index contributed by atoms with van der Waals surface area (Å²) in [4.78, 5) is 35.0. The zero-order valence-electron chi connectivity index (χ0n) is 18.0. The van der Waals surface area contributed by atoms with Crippen molar-refractivity contribution in [3.63, 3.8) is 0 Å². The maximum atomic E-state index is 12.7. The van der Waals surface area contributed by atoms with Crippen LogP contribution >= 0.6 is 22.7 Å². The lowest BCUT2D eigenvalue weighted by Crippen LogP contribution is -2.46. The smallest absolute Gasteiger partial charge is 0.231 e. The maximum Gasteiger partial charge on any atom is 0.231 e. The van der Waals surface area contributed by atoms with Crippen molar-refractivity contribution in [2.45, 2.75) is 19.8 Å². The molecule has 4 rings (SSSR count). The van der Waals surface area contributed by atoms with Gasteiger partial charge < -0.3 is 20.4 Å². The molecule has 0 unspecified atom stereocenters. The van der Waals surface area contributed by atoms with Crippen LogP contribution in [0.2, 0.25) is 0 Å². The standard InChI is InChI=1S/C23H27N5O2S2/c1-2-27-9-11-28(12-10-27)20-8-4-3-7-19(20)25-21(29)14-17-16-32-23(24-17)26-22(30)15-18-6-5-13-31-18/h3-8,13,16H,2,9-12,14-15H2,1H3,(H,25,29)(H,24,26,30). The third-order valence-electron chi connectivity index (χ3n) is 5.39. The monoisotopic (exact) mass is 469 g/mol. The van der Waals surface area contributed by atoms with Gasteiger partial charge in [0.15, 0.2) is 5.13 Å². The number of hydrogen-bond acceptors (Lipinski definition) is 7. The van der Waals surface area contributed by atoms with Crippen molar-refractivity contribution in [1.82, 2.24) is 9.88 Å². The molecule has 0 radical (unpaired) electrons. The summed E-state index contributed by atoms with van der Waals surface area (Å²) in [5.74, 6) is -0.221. The van der Waals surface area contributed by atoms with Gasteiger partial charge in [-0.1, -0.05) is 25.1 Å². The highest BCUT2D eigenvalue weighted by atomic mass is 32.1. The molecule has 1 saturated heterocycles. The molecule has 2 aromatic heterocycles. The number of thiophene rings is 1. The SMILES string of the molecule is CCN1CCN(c2ccccc2NC(=O)Cc2csc(NC(=O)Cc3cccs3)n2)CC1. The first-order valence-corrected chi connectivity index (χ1v) is 12.5. The molecular formula is C23H27N5O2S2. The van der Waals surface area contributed by atoms with Gasteiger partial charge in [-0.05, 0) is 30.1 Å². The number of hydrogen-bond donors (Lipinski definition) is 2. The number of para-hydroxylation sites is 2. The molecule has 0 atom stereocenters. The number of rotatable bonds is 8. The Bertz CT molecular complexity index is 1040. The van der Waals surface area contributed by atoms with Crippen LogP contribution in [0, 0.1) is 0 Å². The number of benzene rings is 1. The van der Waals surface area contributed by atoms with Gasteiger partial charge in [-0.25, -0.2) is 4.98 Å². The lowest BCUT2D eigenvalue weighted by atomic mass is 10.2. The number of amides is 2. The van der Waals surface area contributed by atoms with Gasteiger partial charge in [0.25, 0.3) is 0 Å². The molecule has 9 heteroatoms. The summed E-state index contributed by atoms with van der Waals surface area (Å²) < 4.78 is 0. The van der Waals surface area contributed by atoms with E-state index < -0.39 is 0 Å². The second-order valence-electron chi connectivity index (χ2n) is 7.61. The Labute approximate surface area is 196 Å². The van der Waals surface area contributed by atoms with E-state index in [-0.39, 0.29) is 18.2 Å². The summed E-state index contributed by atoms with van der Waals surface area (Å²) in [6.45, 7) is 7.19. The van der Waals surface area contributed by atoms with Crippen LogP contribution < -0.4 is 15.5 Å². The number of nitrogens with one attached hydrogen (secondary N) is 2. The minimum atomic E-state index is -0.119. The lowest BCUT2D eigenvalue weighted by molar-refractivity contribution is -0.116. The summed E-state index contributed by atoms with van der Waals surface area (Å²) in [5.41, 5.74) is 2.52. The van der Waals surface area contributed by atoms with Crippen molar-refractivity contribution in [1.29, 1.82) is 0 Å². The van der Waals surface area contributed by atoms with E-state index in [0.717, 1.165) is 49.0 Å². The molecule has 3 aromatic rings. The van der Waals surface area contributed by atoms with E-state index in [9.17, 15) is 9.59 Å². The Hall–Kier alpha value is -2.75. The number of nitrogens with zero attached hydrogens (tertiary/aromatic N) is 3. The van der Waals surface area contributed by atoms with Gasteiger partial charge in [0, 0.05) is 36.4 Å². The van der Waals surface area contributed by atoms with Gasteiger partial charge in [-0.2, -0.15) is 0 Å². The second-order valence-corrected chi connectivity index (χ2v) is 9.50. The molecule has 1 aromatic carbocycles. The van der Waals surface area contributed by atoms with E-state index in [1.54, 1.807) is 11.3 Å². The summed E-state index contributed by atoms with van der Waals surface area (Å²) >= 11 is 2.89. The van der Waals surface area contributed by atoms with E-state index in [0.29, 0.717) is 17.2 Å². The fourth-order valence-corrected chi connectivity index (χ4v) is 5.13. The zero-order chi connectivity index (χ0) is 22.3. The van der Waals surface area contributed by atoms with Gasteiger partial charge in [0.2, 0.25) is 11.8 Å². The normalized spacial score (nSPS) is 14.3. The minimum Gasteiger partial charge on any atom is -0.367 e. The number of aromatic nitrogens is 1. The third kappa shape index (κ3) is 5.93. The van der Waals surface area contributed by atoms with Crippen LogP contribution in [0.15, 0.2) is 47.2 Å². The van der Waals surface area contributed by atoms with Gasteiger partial charge >= 0.3 is 0 Å². The van der Waals surface area contributed by atoms with Crippen LogP contribution in [0.4, 0.5) is 16.5 Å².